The number of anilines is 2. The van der Waals surface area contributed by atoms with Gasteiger partial charge in [0.25, 0.3) is 0 Å². The van der Waals surface area contributed by atoms with Crippen LogP contribution in [0.3, 0.4) is 0 Å². The number of halogens is 1. The van der Waals surface area contributed by atoms with Gasteiger partial charge in [-0.05, 0) is 50.1 Å². The molecular formula is C17H21ClN4. The van der Waals surface area contributed by atoms with Crippen LogP contribution in [0.2, 0.25) is 5.02 Å². The van der Waals surface area contributed by atoms with Gasteiger partial charge in [-0.1, -0.05) is 17.7 Å². The Bertz CT molecular complexity index is 682. The van der Waals surface area contributed by atoms with Crippen LogP contribution < -0.4 is 5.32 Å². The van der Waals surface area contributed by atoms with Crippen LogP contribution >= 0.6 is 11.6 Å². The van der Waals surface area contributed by atoms with Gasteiger partial charge in [-0.2, -0.15) is 0 Å². The van der Waals surface area contributed by atoms with Crippen molar-refractivity contribution in [2.75, 3.05) is 18.9 Å². The van der Waals surface area contributed by atoms with Crippen molar-refractivity contribution in [3.05, 3.63) is 46.6 Å². The second-order valence-electron chi connectivity index (χ2n) is 5.26. The predicted molar refractivity (Wildman–Crippen MR) is 94.9 cm³/mol. The van der Waals surface area contributed by atoms with E-state index in [1.54, 1.807) is 12.5 Å². The predicted octanol–water partition coefficient (Wildman–Crippen LogP) is 4.71. The van der Waals surface area contributed by atoms with Crippen molar-refractivity contribution >= 4 is 35.1 Å². The largest absolute Gasteiger partial charge is 0.366 e. The highest BCUT2D eigenvalue weighted by Crippen LogP contribution is 2.35. The van der Waals surface area contributed by atoms with Crippen molar-refractivity contribution in [3.8, 4) is 0 Å². The average molecular weight is 317 g/mol. The highest BCUT2D eigenvalue weighted by Gasteiger charge is 2.09. The molecule has 0 bridgehead atoms. The zero-order valence-electron chi connectivity index (χ0n) is 13.4. The maximum absolute atomic E-state index is 6.49. The molecule has 5 heteroatoms. The fraction of sp³-hybridized carbons (Fsp3) is 0.294. The Morgan fingerprint density at radius 2 is 2.14 bits per heavy atom. The first-order valence-corrected chi connectivity index (χ1v) is 7.62. The molecule has 22 heavy (non-hydrogen) atoms. The minimum absolute atomic E-state index is 0.594. The summed E-state index contributed by atoms with van der Waals surface area (Å²) in [6.07, 6.45) is 3.55. The normalized spacial score (nSPS) is 11.0. The molecule has 0 spiro atoms. The molecule has 0 saturated heterocycles. The number of hydrogen-bond acceptors (Lipinski definition) is 3. The van der Waals surface area contributed by atoms with Crippen LogP contribution in [-0.4, -0.2) is 29.8 Å². The maximum Gasteiger partial charge on any atom is 0.133 e. The number of hydrogen-bond donors (Lipinski definition) is 1. The summed E-state index contributed by atoms with van der Waals surface area (Å²) in [4.78, 5) is 10.8. The molecule has 116 valence electrons. The molecular weight excluding hydrogens is 296 g/mol. The van der Waals surface area contributed by atoms with Gasteiger partial charge < -0.3 is 10.2 Å². The number of aliphatic imine (C=N–C) groups is 1. The molecule has 0 aliphatic heterocycles. The monoisotopic (exact) mass is 316 g/mol. The lowest BCUT2D eigenvalue weighted by molar-refractivity contribution is 0.552. The summed E-state index contributed by atoms with van der Waals surface area (Å²) in [7, 11) is 1.98. The minimum Gasteiger partial charge on any atom is -0.366 e. The molecule has 0 fully saturated rings. The summed E-state index contributed by atoms with van der Waals surface area (Å²) in [6, 6.07) is 7.89. The summed E-state index contributed by atoms with van der Waals surface area (Å²) in [6.45, 7) is 7.00. The van der Waals surface area contributed by atoms with Gasteiger partial charge in [-0.15, -0.1) is 0 Å². The Morgan fingerprint density at radius 1 is 1.36 bits per heavy atom. The number of aromatic nitrogens is 1. The summed E-state index contributed by atoms with van der Waals surface area (Å²) < 4.78 is 0. The third-order valence-electron chi connectivity index (χ3n) is 3.35. The Kier molecular flexibility index (Phi) is 5.39. The average Bonchev–Trinajstić information content (AvgIpc) is 2.50. The van der Waals surface area contributed by atoms with Crippen LogP contribution in [0.4, 0.5) is 17.2 Å². The van der Waals surface area contributed by atoms with E-state index in [4.69, 9.17) is 11.6 Å². The van der Waals surface area contributed by atoms with E-state index in [1.165, 1.54) is 0 Å². The van der Waals surface area contributed by atoms with E-state index in [2.05, 4.69) is 22.2 Å². The SMILES string of the molecule is CCN(C)/C=N\c1cc(C)cc(Nc2ncccc2C)c1Cl. The Balaban J connectivity index is 2.35. The Morgan fingerprint density at radius 3 is 2.82 bits per heavy atom. The van der Waals surface area contributed by atoms with Crippen LogP contribution in [0.25, 0.3) is 0 Å². The first-order chi connectivity index (χ1) is 10.5. The topological polar surface area (TPSA) is 40.5 Å². The standard InChI is InChI=1S/C17H21ClN4/c1-5-22(4)11-20-14-9-12(2)10-15(16(14)18)21-17-13(3)7-6-8-19-17/h6-11H,5H2,1-4H3,(H,19,21)/b20-11-. The molecule has 2 rings (SSSR count). The van der Waals surface area contributed by atoms with Gasteiger partial charge in [0.05, 0.1) is 22.7 Å². The van der Waals surface area contributed by atoms with Crippen molar-refractivity contribution in [1.82, 2.24) is 9.88 Å². The molecule has 0 amide bonds. The molecule has 0 saturated carbocycles. The Hall–Kier alpha value is -2.07. The second-order valence-corrected chi connectivity index (χ2v) is 5.64. The smallest absolute Gasteiger partial charge is 0.133 e. The summed E-state index contributed by atoms with van der Waals surface area (Å²) >= 11 is 6.49. The van der Waals surface area contributed by atoms with E-state index in [0.29, 0.717) is 5.02 Å². The van der Waals surface area contributed by atoms with Crippen LogP contribution in [0.1, 0.15) is 18.1 Å². The first kappa shape index (κ1) is 16.3. The fourth-order valence-corrected chi connectivity index (χ4v) is 2.13. The number of rotatable bonds is 5. The highest BCUT2D eigenvalue weighted by atomic mass is 35.5. The lowest BCUT2D eigenvalue weighted by Gasteiger charge is -2.13. The van der Waals surface area contributed by atoms with E-state index >= 15 is 0 Å². The number of nitrogens with one attached hydrogen (secondary N) is 1. The molecule has 0 unspecified atom stereocenters. The molecule has 2 aromatic rings. The molecule has 1 aromatic heterocycles. The van der Waals surface area contributed by atoms with Gasteiger partial charge in [-0.25, -0.2) is 9.98 Å². The van der Waals surface area contributed by atoms with Crippen molar-refractivity contribution in [1.29, 1.82) is 0 Å². The Labute approximate surface area is 136 Å². The summed E-state index contributed by atoms with van der Waals surface area (Å²) in [5, 5.41) is 3.89. The van der Waals surface area contributed by atoms with Gasteiger partial charge >= 0.3 is 0 Å². The van der Waals surface area contributed by atoms with Gasteiger partial charge in [-0.3, -0.25) is 0 Å². The molecule has 0 aliphatic rings. The number of nitrogens with zero attached hydrogens (tertiary/aromatic N) is 3. The van der Waals surface area contributed by atoms with Crippen LogP contribution in [-0.2, 0) is 0 Å². The first-order valence-electron chi connectivity index (χ1n) is 7.24. The van der Waals surface area contributed by atoms with E-state index in [1.807, 2.05) is 50.1 Å². The van der Waals surface area contributed by atoms with Crippen molar-refractivity contribution < 1.29 is 0 Å². The van der Waals surface area contributed by atoms with Crippen LogP contribution in [0.5, 0.6) is 0 Å². The lowest BCUT2D eigenvalue weighted by Crippen LogP contribution is -2.14. The van der Waals surface area contributed by atoms with Gasteiger partial charge in [0.2, 0.25) is 0 Å². The number of benzene rings is 1. The van der Waals surface area contributed by atoms with E-state index in [-0.39, 0.29) is 0 Å². The molecule has 0 atom stereocenters. The minimum atomic E-state index is 0.594. The van der Waals surface area contributed by atoms with E-state index in [0.717, 1.165) is 34.9 Å². The van der Waals surface area contributed by atoms with Gasteiger partial charge in [0, 0.05) is 19.8 Å². The van der Waals surface area contributed by atoms with Crippen LogP contribution in [0, 0.1) is 13.8 Å². The lowest BCUT2D eigenvalue weighted by atomic mass is 10.2. The van der Waals surface area contributed by atoms with Crippen molar-refractivity contribution in [3.63, 3.8) is 0 Å². The van der Waals surface area contributed by atoms with Gasteiger partial charge in [0.15, 0.2) is 0 Å². The van der Waals surface area contributed by atoms with Crippen molar-refractivity contribution in [2.24, 2.45) is 4.99 Å². The maximum atomic E-state index is 6.49. The third kappa shape index (κ3) is 3.98. The quantitative estimate of drug-likeness (QED) is 0.641. The second kappa shape index (κ2) is 7.27. The van der Waals surface area contributed by atoms with Gasteiger partial charge in [0.1, 0.15) is 5.82 Å². The zero-order valence-corrected chi connectivity index (χ0v) is 14.1. The summed E-state index contributed by atoms with van der Waals surface area (Å²) in [5.74, 6) is 0.801. The number of pyridine rings is 1. The molecule has 0 radical (unpaired) electrons. The molecule has 1 N–H and O–H groups in total. The molecule has 1 heterocycles. The molecule has 4 nitrogen and oxygen atoms in total. The van der Waals surface area contributed by atoms with E-state index in [9.17, 15) is 0 Å². The third-order valence-corrected chi connectivity index (χ3v) is 3.75. The van der Waals surface area contributed by atoms with Crippen molar-refractivity contribution in [2.45, 2.75) is 20.8 Å². The summed E-state index contributed by atoms with van der Waals surface area (Å²) in [5.41, 5.74) is 3.72. The zero-order chi connectivity index (χ0) is 16.1. The molecule has 1 aromatic carbocycles. The van der Waals surface area contributed by atoms with E-state index < -0.39 is 0 Å². The number of aryl methyl sites for hydroxylation is 2. The van der Waals surface area contributed by atoms with Crippen LogP contribution in [0.15, 0.2) is 35.5 Å². The molecule has 0 aliphatic carbocycles. The highest BCUT2D eigenvalue weighted by molar-refractivity contribution is 6.35. The fourth-order valence-electron chi connectivity index (χ4n) is 1.92.